The molecular formula is C15H22N2O2S. The van der Waals surface area contributed by atoms with Gasteiger partial charge in [0, 0.05) is 37.0 Å². The molecule has 3 rings (SSSR count). The Kier molecular flexibility index (Phi) is 4.08. The van der Waals surface area contributed by atoms with Crippen LogP contribution < -0.4 is 5.32 Å². The third kappa shape index (κ3) is 2.88. The van der Waals surface area contributed by atoms with Gasteiger partial charge in [-0.25, -0.2) is 4.98 Å². The van der Waals surface area contributed by atoms with E-state index in [-0.39, 0.29) is 11.8 Å². The van der Waals surface area contributed by atoms with Gasteiger partial charge in [0.1, 0.15) is 0 Å². The minimum absolute atomic E-state index is 0.176. The van der Waals surface area contributed by atoms with E-state index >= 15 is 0 Å². The Balaban J connectivity index is 1.53. The summed E-state index contributed by atoms with van der Waals surface area (Å²) < 4.78 is 5.10. The zero-order chi connectivity index (χ0) is 14.1. The van der Waals surface area contributed by atoms with Crippen molar-refractivity contribution in [2.75, 3.05) is 20.3 Å². The SMILES string of the molecule is COC[C@H]1C[C@@H]1C(=O)NCC1CCCc2sc(C)nc21. The molecular weight excluding hydrogens is 272 g/mol. The minimum Gasteiger partial charge on any atom is -0.384 e. The summed E-state index contributed by atoms with van der Waals surface area (Å²) >= 11 is 1.81. The summed E-state index contributed by atoms with van der Waals surface area (Å²) in [5, 5.41) is 4.27. The van der Waals surface area contributed by atoms with Crippen LogP contribution in [0.1, 0.15) is 40.8 Å². The topological polar surface area (TPSA) is 51.2 Å². The Morgan fingerprint density at radius 2 is 2.40 bits per heavy atom. The maximum Gasteiger partial charge on any atom is 0.223 e. The number of methoxy groups -OCH3 is 1. The third-order valence-corrected chi connectivity index (χ3v) is 5.39. The fourth-order valence-electron chi connectivity index (χ4n) is 3.15. The van der Waals surface area contributed by atoms with E-state index < -0.39 is 0 Å². The number of aromatic nitrogens is 1. The van der Waals surface area contributed by atoms with E-state index in [9.17, 15) is 4.79 Å². The van der Waals surface area contributed by atoms with E-state index in [0.29, 0.717) is 18.4 Å². The van der Waals surface area contributed by atoms with Crippen LogP contribution >= 0.6 is 11.3 Å². The largest absolute Gasteiger partial charge is 0.384 e. The maximum absolute atomic E-state index is 12.1. The fourth-order valence-corrected chi connectivity index (χ4v) is 4.21. The summed E-state index contributed by atoms with van der Waals surface area (Å²) in [6.45, 7) is 3.51. The average Bonchev–Trinajstić information content (AvgIpc) is 3.08. The molecule has 5 heteroatoms. The molecule has 0 aromatic carbocycles. The highest BCUT2D eigenvalue weighted by atomic mass is 32.1. The van der Waals surface area contributed by atoms with E-state index in [2.05, 4.69) is 17.2 Å². The van der Waals surface area contributed by atoms with Gasteiger partial charge in [-0.15, -0.1) is 11.3 Å². The number of nitrogens with zero attached hydrogens (tertiary/aromatic N) is 1. The molecule has 3 atom stereocenters. The second kappa shape index (κ2) is 5.82. The number of carbonyl (C=O) groups excluding carboxylic acids is 1. The van der Waals surface area contributed by atoms with Crippen LogP contribution in [0.5, 0.6) is 0 Å². The second-order valence-electron chi connectivity index (χ2n) is 5.93. The van der Waals surface area contributed by atoms with Gasteiger partial charge in [0.05, 0.1) is 10.7 Å². The molecule has 1 N–H and O–H groups in total. The van der Waals surface area contributed by atoms with Crippen molar-refractivity contribution in [2.24, 2.45) is 11.8 Å². The normalized spacial score (nSPS) is 28.0. The number of hydrogen-bond acceptors (Lipinski definition) is 4. The highest BCUT2D eigenvalue weighted by molar-refractivity contribution is 7.11. The summed E-state index contributed by atoms with van der Waals surface area (Å²) in [4.78, 5) is 18.2. The second-order valence-corrected chi connectivity index (χ2v) is 7.22. The maximum atomic E-state index is 12.1. The Labute approximate surface area is 123 Å². The quantitative estimate of drug-likeness (QED) is 0.906. The van der Waals surface area contributed by atoms with Crippen molar-refractivity contribution in [3.05, 3.63) is 15.6 Å². The molecule has 110 valence electrons. The van der Waals surface area contributed by atoms with Gasteiger partial charge in [0.2, 0.25) is 5.91 Å². The van der Waals surface area contributed by atoms with Crippen LogP contribution in [0.25, 0.3) is 0 Å². The molecule has 0 radical (unpaired) electrons. The molecule has 1 aromatic rings. The van der Waals surface area contributed by atoms with E-state index in [1.807, 2.05) is 11.3 Å². The number of rotatable bonds is 5. The van der Waals surface area contributed by atoms with Crippen molar-refractivity contribution in [2.45, 2.75) is 38.5 Å². The first kappa shape index (κ1) is 14.0. The van der Waals surface area contributed by atoms with E-state index in [1.54, 1.807) is 7.11 Å². The van der Waals surface area contributed by atoms with Crippen molar-refractivity contribution in [3.8, 4) is 0 Å². The molecule has 2 aliphatic carbocycles. The Morgan fingerprint density at radius 3 is 3.20 bits per heavy atom. The number of fused-ring (bicyclic) bond motifs is 1. The lowest BCUT2D eigenvalue weighted by Crippen LogP contribution is -2.31. The predicted octanol–water partition coefficient (Wildman–Crippen LogP) is 2.27. The zero-order valence-corrected chi connectivity index (χ0v) is 13.0. The van der Waals surface area contributed by atoms with Gasteiger partial charge in [0.15, 0.2) is 0 Å². The van der Waals surface area contributed by atoms with Crippen molar-refractivity contribution in [3.63, 3.8) is 0 Å². The van der Waals surface area contributed by atoms with E-state index in [4.69, 9.17) is 4.74 Å². The van der Waals surface area contributed by atoms with Gasteiger partial charge in [-0.2, -0.15) is 0 Å². The summed E-state index contributed by atoms with van der Waals surface area (Å²) in [5.41, 5.74) is 1.24. The van der Waals surface area contributed by atoms with E-state index in [1.165, 1.54) is 17.0 Å². The average molecular weight is 294 g/mol. The number of thiazole rings is 1. The van der Waals surface area contributed by atoms with Gasteiger partial charge < -0.3 is 10.1 Å². The first-order chi connectivity index (χ1) is 9.69. The van der Waals surface area contributed by atoms with Gasteiger partial charge in [-0.05, 0) is 38.5 Å². The molecule has 1 unspecified atom stereocenters. The van der Waals surface area contributed by atoms with Crippen molar-refractivity contribution in [1.82, 2.24) is 10.3 Å². The molecule has 0 bridgehead atoms. The van der Waals surface area contributed by atoms with Crippen LogP contribution in [-0.2, 0) is 16.0 Å². The highest BCUT2D eigenvalue weighted by Crippen LogP contribution is 2.39. The van der Waals surface area contributed by atoms with Gasteiger partial charge >= 0.3 is 0 Å². The van der Waals surface area contributed by atoms with Crippen LogP contribution in [0.2, 0.25) is 0 Å². The van der Waals surface area contributed by atoms with Crippen LogP contribution in [0.3, 0.4) is 0 Å². The lowest BCUT2D eigenvalue weighted by molar-refractivity contribution is -0.122. The summed E-state index contributed by atoms with van der Waals surface area (Å²) in [6, 6.07) is 0. The van der Waals surface area contributed by atoms with Crippen molar-refractivity contribution in [1.29, 1.82) is 0 Å². The van der Waals surface area contributed by atoms with Crippen LogP contribution in [0.4, 0.5) is 0 Å². The van der Waals surface area contributed by atoms with E-state index in [0.717, 1.165) is 30.8 Å². The molecule has 1 fully saturated rings. The number of aryl methyl sites for hydroxylation is 2. The minimum atomic E-state index is 0.176. The standard InChI is InChI=1S/C15H22N2O2S/c1-9-17-14-10(4-3-5-13(14)20-9)7-16-15(18)12-6-11(12)8-19-2/h10-12H,3-8H2,1-2H3,(H,16,18)/t10?,11-,12+/m1/s1. The third-order valence-electron chi connectivity index (χ3n) is 4.34. The molecule has 20 heavy (non-hydrogen) atoms. The van der Waals surface area contributed by atoms with Crippen molar-refractivity contribution >= 4 is 17.2 Å². The number of carbonyl (C=O) groups is 1. The van der Waals surface area contributed by atoms with Crippen LogP contribution in [-0.4, -0.2) is 31.2 Å². The summed E-state index contributed by atoms with van der Waals surface area (Å²) in [6.07, 6.45) is 4.49. The summed E-state index contributed by atoms with van der Waals surface area (Å²) in [5.74, 6) is 1.22. The van der Waals surface area contributed by atoms with Gasteiger partial charge in [0.25, 0.3) is 0 Å². The predicted molar refractivity (Wildman–Crippen MR) is 79.0 cm³/mol. The molecule has 0 saturated heterocycles. The number of nitrogens with one attached hydrogen (secondary N) is 1. The first-order valence-corrected chi connectivity index (χ1v) is 8.23. The monoisotopic (exact) mass is 294 g/mol. The first-order valence-electron chi connectivity index (χ1n) is 7.42. The number of amides is 1. The molecule has 1 aromatic heterocycles. The molecule has 2 aliphatic rings. The van der Waals surface area contributed by atoms with Gasteiger partial charge in [-0.3, -0.25) is 4.79 Å². The fraction of sp³-hybridized carbons (Fsp3) is 0.733. The van der Waals surface area contributed by atoms with Crippen molar-refractivity contribution < 1.29 is 9.53 Å². The molecule has 1 heterocycles. The Bertz CT molecular complexity index is 500. The van der Waals surface area contributed by atoms with Crippen LogP contribution in [0, 0.1) is 18.8 Å². The smallest absolute Gasteiger partial charge is 0.223 e. The zero-order valence-electron chi connectivity index (χ0n) is 12.1. The highest BCUT2D eigenvalue weighted by Gasteiger charge is 2.42. The molecule has 4 nitrogen and oxygen atoms in total. The van der Waals surface area contributed by atoms with Crippen LogP contribution in [0.15, 0.2) is 0 Å². The lowest BCUT2D eigenvalue weighted by atomic mass is 9.91. The molecule has 0 spiro atoms. The molecule has 0 aliphatic heterocycles. The Morgan fingerprint density at radius 1 is 1.55 bits per heavy atom. The number of hydrogen-bond donors (Lipinski definition) is 1. The van der Waals surface area contributed by atoms with Gasteiger partial charge in [-0.1, -0.05) is 0 Å². The Hall–Kier alpha value is -0.940. The molecule has 1 saturated carbocycles. The lowest BCUT2D eigenvalue weighted by Gasteiger charge is -2.21. The molecule has 1 amide bonds. The number of ether oxygens (including phenoxy) is 1. The summed E-state index contributed by atoms with van der Waals surface area (Å²) in [7, 11) is 1.70.